The molecule has 0 saturated heterocycles. The summed E-state index contributed by atoms with van der Waals surface area (Å²) in [6.07, 6.45) is 2.71. The lowest BCUT2D eigenvalue weighted by molar-refractivity contribution is 0.300. The summed E-state index contributed by atoms with van der Waals surface area (Å²) in [7, 11) is 1.61. The molecule has 0 atom stereocenters. The number of aryl methyl sites for hydroxylation is 1. The van der Waals surface area contributed by atoms with Gasteiger partial charge in [-0.15, -0.1) is 0 Å². The third kappa shape index (κ3) is 1.95. The highest BCUT2D eigenvalue weighted by atomic mass is 35.5. The molecule has 0 heterocycles. The molecule has 1 saturated carbocycles. The number of rotatable bonds is 3. The van der Waals surface area contributed by atoms with Gasteiger partial charge in [0.1, 0.15) is 11.5 Å². The molecule has 76 valence electrons. The highest BCUT2D eigenvalue weighted by molar-refractivity contribution is 6.32. The topological polar surface area (TPSA) is 18.5 Å². The molecule has 1 aromatic carbocycles. The van der Waals surface area contributed by atoms with Crippen LogP contribution in [0.3, 0.4) is 0 Å². The van der Waals surface area contributed by atoms with Gasteiger partial charge in [-0.3, -0.25) is 0 Å². The van der Waals surface area contributed by atoms with Gasteiger partial charge in [0.05, 0.1) is 18.2 Å². The second-order valence-corrected chi connectivity index (χ2v) is 3.98. The average Bonchev–Trinajstić information content (AvgIpc) is 2.94. The molecule has 1 fully saturated rings. The highest BCUT2D eigenvalue weighted by Crippen LogP contribution is 2.35. The van der Waals surface area contributed by atoms with Gasteiger partial charge in [0, 0.05) is 6.07 Å². The highest BCUT2D eigenvalue weighted by Gasteiger charge is 2.24. The molecule has 3 heteroatoms. The van der Waals surface area contributed by atoms with E-state index in [1.54, 1.807) is 7.11 Å². The maximum atomic E-state index is 6.00. The summed E-state index contributed by atoms with van der Waals surface area (Å²) in [5.74, 6) is 1.57. The third-order valence-corrected chi connectivity index (χ3v) is 2.56. The van der Waals surface area contributed by atoms with Gasteiger partial charge in [0.15, 0.2) is 0 Å². The monoisotopic (exact) mass is 212 g/mol. The van der Waals surface area contributed by atoms with Gasteiger partial charge >= 0.3 is 0 Å². The summed E-state index contributed by atoms with van der Waals surface area (Å²) >= 11 is 6.00. The fourth-order valence-electron chi connectivity index (χ4n) is 1.29. The molecule has 2 nitrogen and oxygen atoms in total. The second kappa shape index (κ2) is 3.70. The van der Waals surface area contributed by atoms with Crippen LogP contribution in [0.15, 0.2) is 12.1 Å². The van der Waals surface area contributed by atoms with Crippen molar-refractivity contribution < 1.29 is 9.47 Å². The summed E-state index contributed by atoms with van der Waals surface area (Å²) in [6.45, 7) is 2.00. The van der Waals surface area contributed by atoms with Crippen molar-refractivity contribution in [1.29, 1.82) is 0 Å². The van der Waals surface area contributed by atoms with Crippen LogP contribution >= 0.6 is 11.6 Å². The molecular weight excluding hydrogens is 200 g/mol. The fraction of sp³-hybridized carbons (Fsp3) is 0.455. The fourth-order valence-corrected chi connectivity index (χ4v) is 1.52. The molecule has 0 aliphatic heterocycles. The van der Waals surface area contributed by atoms with E-state index < -0.39 is 0 Å². The summed E-state index contributed by atoms with van der Waals surface area (Å²) in [5, 5.41) is 0.605. The van der Waals surface area contributed by atoms with Crippen molar-refractivity contribution in [3.8, 4) is 11.5 Å². The van der Waals surface area contributed by atoms with Crippen molar-refractivity contribution in [2.45, 2.75) is 25.9 Å². The molecule has 1 aliphatic rings. The molecule has 0 bridgehead atoms. The first-order valence-electron chi connectivity index (χ1n) is 4.71. The van der Waals surface area contributed by atoms with E-state index in [4.69, 9.17) is 21.1 Å². The summed E-state index contributed by atoms with van der Waals surface area (Å²) < 4.78 is 10.8. The van der Waals surface area contributed by atoms with Crippen molar-refractivity contribution in [1.82, 2.24) is 0 Å². The normalized spacial score (nSPS) is 15.4. The van der Waals surface area contributed by atoms with Gasteiger partial charge in [-0.2, -0.15) is 0 Å². The Bertz CT molecular complexity index is 345. The van der Waals surface area contributed by atoms with Crippen molar-refractivity contribution in [2.75, 3.05) is 7.11 Å². The molecule has 0 radical (unpaired) electrons. The minimum Gasteiger partial charge on any atom is -0.495 e. The Balaban J connectivity index is 2.26. The molecule has 2 rings (SSSR count). The first-order chi connectivity index (χ1) is 6.70. The lowest BCUT2D eigenvalue weighted by Gasteiger charge is -2.10. The maximum Gasteiger partial charge on any atom is 0.137 e. The lowest BCUT2D eigenvalue weighted by Crippen LogP contribution is -1.98. The summed E-state index contributed by atoms with van der Waals surface area (Å²) in [4.78, 5) is 0. The van der Waals surface area contributed by atoms with Crippen LogP contribution in [0.4, 0.5) is 0 Å². The van der Waals surface area contributed by atoms with Gasteiger partial charge in [0.2, 0.25) is 0 Å². The molecule has 0 amide bonds. The van der Waals surface area contributed by atoms with Gasteiger partial charge in [-0.25, -0.2) is 0 Å². The SMILES string of the molecule is COc1cc(C)c(OC2CC2)cc1Cl. The van der Waals surface area contributed by atoms with E-state index in [1.807, 2.05) is 19.1 Å². The lowest BCUT2D eigenvalue weighted by atomic mass is 10.2. The smallest absolute Gasteiger partial charge is 0.137 e. The number of hydrogen-bond acceptors (Lipinski definition) is 2. The predicted molar refractivity (Wildman–Crippen MR) is 56.4 cm³/mol. The predicted octanol–water partition coefficient (Wildman–Crippen LogP) is 3.20. The minimum absolute atomic E-state index is 0.401. The molecule has 14 heavy (non-hydrogen) atoms. The maximum absolute atomic E-state index is 6.00. The Morgan fingerprint density at radius 2 is 2.00 bits per heavy atom. The minimum atomic E-state index is 0.401. The van der Waals surface area contributed by atoms with E-state index in [2.05, 4.69) is 0 Å². The molecule has 1 aromatic rings. The number of halogens is 1. The Kier molecular flexibility index (Phi) is 2.55. The molecule has 0 N–H and O–H groups in total. The Morgan fingerprint density at radius 3 is 2.57 bits per heavy atom. The number of methoxy groups -OCH3 is 1. The standard InChI is InChI=1S/C11H13ClO2/c1-7-5-11(13-2)9(12)6-10(7)14-8-3-4-8/h5-6,8H,3-4H2,1-2H3. The van der Waals surface area contributed by atoms with Crippen molar-refractivity contribution in [2.24, 2.45) is 0 Å². The first-order valence-corrected chi connectivity index (χ1v) is 5.09. The number of benzene rings is 1. The van der Waals surface area contributed by atoms with Crippen LogP contribution in [0, 0.1) is 6.92 Å². The Morgan fingerprint density at radius 1 is 1.29 bits per heavy atom. The Labute approximate surface area is 88.8 Å². The third-order valence-electron chi connectivity index (χ3n) is 2.27. The van der Waals surface area contributed by atoms with E-state index in [0.29, 0.717) is 16.9 Å². The molecule has 0 spiro atoms. The van der Waals surface area contributed by atoms with Crippen LogP contribution in [0.25, 0.3) is 0 Å². The van der Waals surface area contributed by atoms with Gasteiger partial charge in [0.25, 0.3) is 0 Å². The molecule has 0 aromatic heterocycles. The Hall–Kier alpha value is -0.890. The second-order valence-electron chi connectivity index (χ2n) is 3.57. The molecule has 1 aliphatic carbocycles. The van der Waals surface area contributed by atoms with Crippen LogP contribution < -0.4 is 9.47 Å². The summed E-state index contributed by atoms with van der Waals surface area (Å²) in [5.41, 5.74) is 1.07. The van der Waals surface area contributed by atoms with E-state index in [-0.39, 0.29) is 0 Å². The van der Waals surface area contributed by atoms with E-state index in [1.165, 1.54) is 0 Å². The van der Waals surface area contributed by atoms with Crippen LogP contribution in [0.2, 0.25) is 5.02 Å². The zero-order chi connectivity index (χ0) is 10.1. The zero-order valence-corrected chi connectivity index (χ0v) is 9.10. The number of ether oxygens (including phenoxy) is 2. The van der Waals surface area contributed by atoms with E-state index in [0.717, 1.165) is 24.2 Å². The molecule has 0 unspecified atom stereocenters. The van der Waals surface area contributed by atoms with Crippen LogP contribution in [0.5, 0.6) is 11.5 Å². The molecular formula is C11H13ClO2. The average molecular weight is 213 g/mol. The first kappa shape index (κ1) is 9.66. The van der Waals surface area contributed by atoms with Crippen molar-refractivity contribution >= 4 is 11.6 Å². The summed E-state index contributed by atoms with van der Waals surface area (Å²) in [6, 6.07) is 3.73. The quantitative estimate of drug-likeness (QED) is 0.766. The zero-order valence-electron chi connectivity index (χ0n) is 8.34. The van der Waals surface area contributed by atoms with E-state index >= 15 is 0 Å². The van der Waals surface area contributed by atoms with Crippen LogP contribution in [-0.4, -0.2) is 13.2 Å². The van der Waals surface area contributed by atoms with Crippen molar-refractivity contribution in [3.63, 3.8) is 0 Å². The number of hydrogen-bond donors (Lipinski definition) is 0. The largest absolute Gasteiger partial charge is 0.495 e. The van der Waals surface area contributed by atoms with Crippen molar-refractivity contribution in [3.05, 3.63) is 22.7 Å². The van der Waals surface area contributed by atoms with Gasteiger partial charge in [-0.1, -0.05) is 11.6 Å². The van der Waals surface area contributed by atoms with E-state index in [9.17, 15) is 0 Å². The van der Waals surface area contributed by atoms with Crippen LogP contribution in [-0.2, 0) is 0 Å². The van der Waals surface area contributed by atoms with Gasteiger partial charge < -0.3 is 9.47 Å². The van der Waals surface area contributed by atoms with Crippen LogP contribution in [0.1, 0.15) is 18.4 Å². The van der Waals surface area contributed by atoms with Gasteiger partial charge in [-0.05, 0) is 31.4 Å².